The van der Waals surface area contributed by atoms with Gasteiger partial charge in [0.05, 0.1) is 36.4 Å². The molecule has 2 N–H and O–H groups in total. The van der Waals surface area contributed by atoms with E-state index in [4.69, 9.17) is 9.47 Å². The Morgan fingerprint density at radius 2 is 1.67 bits per heavy atom. The minimum absolute atomic E-state index is 0.00300. The molecule has 0 radical (unpaired) electrons. The first-order valence-electron chi connectivity index (χ1n) is 13.7. The Bertz CT molecular complexity index is 1920. The van der Waals surface area contributed by atoms with E-state index in [9.17, 15) is 37.5 Å². The molecule has 1 aromatic heterocycles. The molecular weight excluding hydrogens is 647 g/mol. The molecule has 0 aliphatic carbocycles. The number of fused-ring (bicyclic) bond motifs is 2. The maximum absolute atomic E-state index is 14.1. The molecule has 3 heterocycles. The van der Waals surface area contributed by atoms with Gasteiger partial charge in [0.15, 0.2) is 11.5 Å². The molecular formula is C31H24F3N3O7S2. The van der Waals surface area contributed by atoms with Crippen LogP contribution in [0.1, 0.15) is 21.9 Å². The van der Waals surface area contributed by atoms with Gasteiger partial charge in [0.25, 0.3) is 0 Å². The highest BCUT2D eigenvalue weighted by molar-refractivity contribution is 8.00. The molecule has 0 spiro atoms. The van der Waals surface area contributed by atoms with Crippen molar-refractivity contribution < 1.29 is 42.1 Å². The van der Waals surface area contributed by atoms with E-state index in [1.165, 1.54) is 49.1 Å². The molecule has 15 heteroatoms. The first kappa shape index (κ1) is 31.2. The number of aromatic hydroxyl groups is 1. The van der Waals surface area contributed by atoms with E-state index < -0.39 is 58.0 Å². The van der Waals surface area contributed by atoms with Gasteiger partial charge in [-0.05, 0) is 60.2 Å². The smallest absolute Gasteiger partial charge is 0.416 e. The standard InChI is InChI=1S/C31H24F3N3O7S2/c1-43-20-11-6-15(12-21(20)44-2)23-24-25(28(41)37(27(24)40)18-5-3-4-16(13-18)31(32,33)34)45-29-26(23)46-30(42)36(29)14-22(39)35-17-7-9-19(38)10-8-17/h3-13,23-25,38H,14H2,1-2H3,(H,35,39)/t23-,24-,25+/m0/s1. The molecule has 0 saturated carbocycles. The lowest BCUT2D eigenvalue weighted by atomic mass is 9.83. The van der Waals surface area contributed by atoms with E-state index in [1.54, 1.807) is 18.2 Å². The van der Waals surface area contributed by atoms with Crippen molar-refractivity contribution >= 4 is 52.2 Å². The zero-order valence-corrected chi connectivity index (χ0v) is 25.7. The van der Waals surface area contributed by atoms with Gasteiger partial charge in [-0.25, -0.2) is 4.90 Å². The minimum atomic E-state index is -4.70. The summed E-state index contributed by atoms with van der Waals surface area (Å²) in [5, 5.41) is 11.4. The summed E-state index contributed by atoms with van der Waals surface area (Å²) < 4.78 is 52.7. The maximum atomic E-state index is 14.1. The number of nitrogens with zero attached hydrogens (tertiary/aromatic N) is 2. The summed E-state index contributed by atoms with van der Waals surface area (Å²) in [5.41, 5.74) is -0.357. The molecule has 4 aromatic rings. The topological polar surface area (TPSA) is 127 Å². The number of anilines is 2. The summed E-state index contributed by atoms with van der Waals surface area (Å²) in [6, 6.07) is 14.6. The zero-order chi connectivity index (χ0) is 32.9. The zero-order valence-electron chi connectivity index (χ0n) is 24.0. The number of carbonyl (C=O) groups excluding carboxylic acids is 3. The molecule has 0 bridgehead atoms. The minimum Gasteiger partial charge on any atom is -0.508 e. The molecule has 6 rings (SSSR count). The Kier molecular flexibility index (Phi) is 8.06. The van der Waals surface area contributed by atoms with Crippen molar-refractivity contribution in [2.45, 2.75) is 28.9 Å². The van der Waals surface area contributed by atoms with Crippen LogP contribution in [0, 0.1) is 5.92 Å². The van der Waals surface area contributed by atoms with Crippen molar-refractivity contribution in [2.75, 3.05) is 24.4 Å². The van der Waals surface area contributed by atoms with Crippen LogP contribution in [0.5, 0.6) is 17.2 Å². The fourth-order valence-electron chi connectivity index (χ4n) is 5.63. The van der Waals surface area contributed by atoms with Crippen LogP contribution in [0.25, 0.3) is 0 Å². The third-order valence-corrected chi connectivity index (χ3v) is 10.3. The van der Waals surface area contributed by atoms with Crippen molar-refractivity contribution in [3.63, 3.8) is 0 Å². The van der Waals surface area contributed by atoms with Gasteiger partial charge in [0.1, 0.15) is 17.5 Å². The number of aromatic nitrogens is 1. The van der Waals surface area contributed by atoms with Crippen LogP contribution in [-0.4, -0.2) is 46.9 Å². The summed E-state index contributed by atoms with van der Waals surface area (Å²) in [7, 11) is 2.87. The highest BCUT2D eigenvalue weighted by atomic mass is 32.2. The van der Waals surface area contributed by atoms with Gasteiger partial charge in [-0.15, -0.1) is 0 Å². The van der Waals surface area contributed by atoms with E-state index in [2.05, 4.69) is 5.32 Å². The van der Waals surface area contributed by atoms with Gasteiger partial charge in [-0.1, -0.05) is 35.2 Å². The first-order chi connectivity index (χ1) is 21.9. The monoisotopic (exact) mass is 671 g/mol. The van der Waals surface area contributed by atoms with E-state index >= 15 is 0 Å². The number of phenols is 1. The van der Waals surface area contributed by atoms with Crippen LogP contribution in [0.2, 0.25) is 0 Å². The molecule has 3 amide bonds. The predicted molar refractivity (Wildman–Crippen MR) is 164 cm³/mol. The number of thiazole rings is 1. The van der Waals surface area contributed by atoms with Crippen molar-refractivity contribution in [2.24, 2.45) is 5.92 Å². The number of nitrogens with one attached hydrogen (secondary N) is 1. The lowest BCUT2D eigenvalue weighted by Crippen LogP contribution is -2.33. The molecule has 2 aliphatic heterocycles. The Hall–Kier alpha value is -4.76. The van der Waals surface area contributed by atoms with Crippen molar-refractivity contribution in [3.05, 3.63) is 92.4 Å². The lowest BCUT2D eigenvalue weighted by Gasteiger charge is -2.31. The van der Waals surface area contributed by atoms with Crippen molar-refractivity contribution in [1.82, 2.24) is 4.57 Å². The SMILES string of the molecule is COc1ccc([C@@H]2c3sc(=O)n(CC(=O)Nc4ccc(O)cc4)c3S[C@H]3C(=O)N(c4cccc(C(F)(F)F)c4)C(=O)[C@@H]23)cc1OC. The Labute approximate surface area is 267 Å². The van der Waals surface area contributed by atoms with Gasteiger partial charge in [0, 0.05) is 16.5 Å². The number of phenolic OH excluding ortho intramolecular Hbond substituents is 1. The Balaban J connectivity index is 1.44. The normalized spacial score (nSPS) is 19.1. The summed E-state index contributed by atoms with van der Waals surface area (Å²) in [6.07, 6.45) is -4.70. The van der Waals surface area contributed by atoms with Gasteiger partial charge < -0.3 is 19.9 Å². The average Bonchev–Trinajstić information content (AvgIpc) is 3.47. The fraction of sp³-hybridized carbons (Fsp3) is 0.226. The molecule has 3 aromatic carbocycles. The fourth-order valence-corrected chi connectivity index (χ4v) is 8.40. The summed E-state index contributed by atoms with van der Waals surface area (Å²) in [4.78, 5) is 55.0. The Morgan fingerprint density at radius 1 is 0.957 bits per heavy atom. The molecule has 1 saturated heterocycles. The van der Waals surface area contributed by atoms with Crippen LogP contribution in [0.15, 0.2) is 76.6 Å². The number of thioether (sulfide) groups is 1. The number of alkyl halides is 3. The number of hydrogen-bond acceptors (Lipinski definition) is 9. The quantitative estimate of drug-likeness (QED) is 0.206. The van der Waals surface area contributed by atoms with Gasteiger partial charge in [-0.2, -0.15) is 13.2 Å². The summed E-state index contributed by atoms with van der Waals surface area (Å²) in [5.74, 6) is -3.27. The summed E-state index contributed by atoms with van der Waals surface area (Å²) in [6.45, 7) is -0.423. The van der Waals surface area contributed by atoms with Crippen LogP contribution >= 0.6 is 23.1 Å². The number of halogens is 3. The highest BCUT2D eigenvalue weighted by Crippen LogP contribution is 2.54. The largest absolute Gasteiger partial charge is 0.508 e. The maximum Gasteiger partial charge on any atom is 0.416 e. The predicted octanol–water partition coefficient (Wildman–Crippen LogP) is 5.09. The number of methoxy groups -OCH3 is 2. The lowest BCUT2D eigenvalue weighted by molar-refractivity contribution is -0.137. The van der Waals surface area contributed by atoms with Crippen LogP contribution < -0.4 is 24.6 Å². The number of amides is 3. The number of benzene rings is 3. The second-order valence-corrected chi connectivity index (χ2v) is 12.6. The van der Waals surface area contributed by atoms with Crippen molar-refractivity contribution in [3.8, 4) is 17.2 Å². The average molecular weight is 672 g/mol. The number of imide groups is 1. The van der Waals surface area contributed by atoms with E-state index in [-0.39, 0.29) is 11.4 Å². The third-order valence-electron chi connectivity index (χ3n) is 7.70. The van der Waals surface area contributed by atoms with E-state index in [0.717, 1.165) is 46.2 Å². The third kappa shape index (κ3) is 5.49. The first-order valence-corrected chi connectivity index (χ1v) is 15.4. The second kappa shape index (κ2) is 11.9. The molecule has 0 unspecified atom stereocenters. The van der Waals surface area contributed by atoms with Gasteiger partial charge in [0.2, 0.25) is 17.7 Å². The van der Waals surface area contributed by atoms with Crippen LogP contribution in [0.4, 0.5) is 24.5 Å². The number of ether oxygens (including phenoxy) is 2. The van der Waals surface area contributed by atoms with E-state index in [1.807, 2.05) is 0 Å². The molecule has 46 heavy (non-hydrogen) atoms. The Morgan fingerprint density at radius 3 is 2.35 bits per heavy atom. The van der Waals surface area contributed by atoms with Crippen LogP contribution in [-0.2, 0) is 27.1 Å². The van der Waals surface area contributed by atoms with Crippen LogP contribution in [0.3, 0.4) is 0 Å². The number of hydrogen-bond donors (Lipinski definition) is 2. The molecule has 238 valence electrons. The molecule has 1 fully saturated rings. The molecule has 3 atom stereocenters. The molecule has 2 aliphatic rings. The van der Waals surface area contributed by atoms with Gasteiger partial charge >= 0.3 is 11.0 Å². The van der Waals surface area contributed by atoms with Gasteiger partial charge in [-0.3, -0.25) is 23.7 Å². The number of carbonyl (C=O) groups is 3. The number of rotatable bonds is 7. The second-order valence-electron chi connectivity index (χ2n) is 10.4. The molecule has 10 nitrogen and oxygen atoms in total. The van der Waals surface area contributed by atoms with E-state index in [0.29, 0.717) is 32.7 Å². The highest BCUT2D eigenvalue weighted by Gasteiger charge is 2.57. The summed E-state index contributed by atoms with van der Waals surface area (Å²) >= 11 is 1.75. The van der Waals surface area contributed by atoms with Crippen molar-refractivity contribution in [1.29, 1.82) is 0 Å².